The number of carbonyl (C=O) groups is 1. The molecule has 0 saturated carbocycles. The van der Waals surface area contributed by atoms with Gasteiger partial charge in [-0.3, -0.25) is 9.69 Å². The van der Waals surface area contributed by atoms with E-state index in [1.807, 2.05) is 6.20 Å². The highest BCUT2D eigenvalue weighted by Gasteiger charge is 2.32. The van der Waals surface area contributed by atoms with E-state index in [0.29, 0.717) is 12.1 Å². The lowest BCUT2D eigenvalue weighted by Gasteiger charge is -2.39. The fourth-order valence-corrected chi connectivity index (χ4v) is 4.05. The molecule has 0 bridgehead atoms. The van der Waals surface area contributed by atoms with E-state index < -0.39 is 0 Å². The number of aryl methyl sites for hydroxylation is 1. The highest BCUT2D eigenvalue weighted by molar-refractivity contribution is 5.82. The van der Waals surface area contributed by atoms with Crippen molar-refractivity contribution in [3.63, 3.8) is 0 Å². The van der Waals surface area contributed by atoms with E-state index in [1.54, 1.807) is 0 Å². The van der Waals surface area contributed by atoms with Gasteiger partial charge in [-0.1, -0.05) is 12.5 Å². The Kier molecular flexibility index (Phi) is 5.94. The van der Waals surface area contributed by atoms with Crippen LogP contribution in [0.15, 0.2) is 18.3 Å². The van der Waals surface area contributed by atoms with Crippen molar-refractivity contribution in [2.45, 2.75) is 71.0 Å². The smallest absolute Gasteiger partial charge is 0.237 e. The van der Waals surface area contributed by atoms with Crippen LogP contribution in [0.4, 0.5) is 5.82 Å². The number of hydrogen-bond donors (Lipinski definition) is 1. The summed E-state index contributed by atoms with van der Waals surface area (Å²) in [6.45, 7) is 9.41. The molecule has 1 atom stereocenters. The summed E-state index contributed by atoms with van der Waals surface area (Å²) in [5.74, 6) is 1.29. The van der Waals surface area contributed by atoms with Gasteiger partial charge in [0, 0.05) is 31.4 Å². The quantitative estimate of drug-likeness (QED) is 0.912. The predicted octanol–water partition coefficient (Wildman–Crippen LogP) is 2.74. The highest BCUT2D eigenvalue weighted by atomic mass is 16.2. The van der Waals surface area contributed by atoms with Crippen LogP contribution in [0.2, 0.25) is 0 Å². The molecule has 1 aromatic rings. The zero-order valence-corrected chi connectivity index (χ0v) is 15.9. The van der Waals surface area contributed by atoms with Crippen molar-refractivity contribution in [2.75, 3.05) is 24.5 Å². The lowest BCUT2D eigenvalue weighted by atomic mass is 9.98. The summed E-state index contributed by atoms with van der Waals surface area (Å²) in [5, 5.41) is 3.33. The van der Waals surface area contributed by atoms with Gasteiger partial charge in [-0.05, 0) is 64.6 Å². The van der Waals surface area contributed by atoms with Gasteiger partial charge in [0.15, 0.2) is 0 Å². The van der Waals surface area contributed by atoms with Gasteiger partial charge in [-0.15, -0.1) is 0 Å². The fourth-order valence-electron chi connectivity index (χ4n) is 4.05. The highest BCUT2D eigenvalue weighted by Crippen LogP contribution is 2.22. The Bertz CT molecular complexity index is 564. The summed E-state index contributed by atoms with van der Waals surface area (Å²) in [7, 11) is 0. The molecular weight excluding hydrogens is 312 g/mol. The summed E-state index contributed by atoms with van der Waals surface area (Å²) < 4.78 is 0. The monoisotopic (exact) mass is 344 g/mol. The van der Waals surface area contributed by atoms with Crippen LogP contribution in [0, 0.1) is 6.92 Å². The molecule has 25 heavy (non-hydrogen) atoms. The Hall–Kier alpha value is -1.62. The van der Waals surface area contributed by atoms with Crippen LogP contribution in [-0.2, 0) is 4.79 Å². The average Bonchev–Trinajstić information content (AvgIpc) is 2.63. The van der Waals surface area contributed by atoms with Crippen molar-refractivity contribution in [2.24, 2.45) is 0 Å². The van der Waals surface area contributed by atoms with E-state index in [4.69, 9.17) is 0 Å². The van der Waals surface area contributed by atoms with E-state index in [-0.39, 0.29) is 11.9 Å². The first-order valence-corrected chi connectivity index (χ1v) is 9.78. The van der Waals surface area contributed by atoms with Crippen molar-refractivity contribution in [3.8, 4) is 0 Å². The number of rotatable bonds is 4. The Labute approximate surface area is 151 Å². The summed E-state index contributed by atoms with van der Waals surface area (Å²) >= 11 is 0. The zero-order valence-electron chi connectivity index (χ0n) is 15.9. The van der Waals surface area contributed by atoms with Gasteiger partial charge in [-0.25, -0.2) is 4.98 Å². The van der Waals surface area contributed by atoms with Gasteiger partial charge in [0.05, 0.1) is 6.04 Å². The molecule has 0 spiro atoms. The second-order valence-corrected chi connectivity index (χ2v) is 7.81. The van der Waals surface area contributed by atoms with E-state index in [9.17, 15) is 4.79 Å². The molecule has 2 fully saturated rings. The number of nitrogens with one attached hydrogen (secondary N) is 1. The molecule has 0 aliphatic carbocycles. The molecule has 0 radical (unpaired) electrons. The third kappa shape index (κ3) is 4.51. The van der Waals surface area contributed by atoms with Gasteiger partial charge < -0.3 is 10.2 Å². The molecule has 2 aliphatic rings. The maximum Gasteiger partial charge on any atom is 0.237 e. The lowest BCUT2D eigenvalue weighted by molar-refractivity contribution is -0.129. The maximum atomic E-state index is 12.8. The minimum atomic E-state index is 0.0607. The van der Waals surface area contributed by atoms with Crippen molar-refractivity contribution in [1.29, 1.82) is 0 Å². The average molecular weight is 345 g/mol. The Morgan fingerprint density at radius 1 is 1.16 bits per heavy atom. The molecule has 2 saturated heterocycles. The number of carbonyl (C=O) groups excluding carboxylic acids is 1. The van der Waals surface area contributed by atoms with Crippen molar-refractivity contribution >= 4 is 11.7 Å². The van der Waals surface area contributed by atoms with E-state index in [2.05, 4.69) is 53.0 Å². The molecule has 1 unspecified atom stereocenters. The first kappa shape index (κ1) is 18.2. The molecular formula is C20H32N4O. The number of aromatic nitrogens is 1. The topological polar surface area (TPSA) is 48.5 Å². The van der Waals surface area contributed by atoms with Gasteiger partial charge in [0.25, 0.3) is 0 Å². The van der Waals surface area contributed by atoms with Crippen LogP contribution in [0.5, 0.6) is 0 Å². The van der Waals surface area contributed by atoms with Gasteiger partial charge >= 0.3 is 0 Å². The number of amides is 1. The van der Waals surface area contributed by atoms with Gasteiger partial charge in [0.1, 0.15) is 5.82 Å². The molecule has 2 aliphatic heterocycles. The summed E-state index contributed by atoms with van der Waals surface area (Å²) in [6, 6.07) is 5.00. The molecule has 1 amide bonds. The van der Waals surface area contributed by atoms with E-state index >= 15 is 0 Å². The van der Waals surface area contributed by atoms with Gasteiger partial charge in [0.2, 0.25) is 5.91 Å². The number of hydrogen-bond acceptors (Lipinski definition) is 4. The fraction of sp³-hybridized carbons (Fsp3) is 0.700. The zero-order chi connectivity index (χ0) is 17.8. The van der Waals surface area contributed by atoms with E-state index in [0.717, 1.165) is 44.7 Å². The van der Waals surface area contributed by atoms with Crippen molar-refractivity contribution in [1.82, 2.24) is 15.2 Å². The number of anilines is 1. The normalized spacial score (nSPS) is 23.0. The largest absolute Gasteiger partial charge is 0.356 e. The minimum Gasteiger partial charge on any atom is -0.356 e. The van der Waals surface area contributed by atoms with Crippen LogP contribution in [0.3, 0.4) is 0 Å². The molecule has 1 aromatic heterocycles. The molecule has 0 aromatic carbocycles. The number of likely N-dealkylation sites (tertiary alicyclic amines) is 1. The number of piperidine rings is 2. The van der Waals surface area contributed by atoms with Crippen molar-refractivity contribution in [3.05, 3.63) is 23.9 Å². The third-order valence-corrected chi connectivity index (χ3v) is 5.57. The van der Waals surface area contributed by atoms with Crippen LogP contribution < -0.4 is 10.2 Å². The minimum absolute atomic E-state index is 0.0607. The first-order chi connectivity index (χ1) is 12.0. The molecule has 5 nitrogen and oxygen atoms in total. The van der Waals surface area contributed by atoms with Crippen LogP contribution in [-0.4, -0.2) is 53.6 Å². The second kappa shape index (κ2) is 8.17. The maximum absolute atomic E-state index is 12.8. The lowest BCUT2D eigenvalue weighted by Crippen LogP contribution is -2.55. The molecule has 1 N–H and O–H groups in total. The van der Waals surface area contributed by atoms with Crippen LogP contribution >= 0.6 is 0 Å². The number of nitrogens with zero attached hydrogens (tertiary/aromatic N) is 3. The molecule has 138 valence electrons. The van der Waals surface area contributed by atoms with Crippen molar-refractivity contribution < 1.29 is 4.79 Å². The Balaban J connectivity index is 1.51. The third-order valence-electron chi connectivity index (χ3n) is 5.57. The molecule has 5 heteroatoms. The number of pyridine rings is 1. The Morgan fingerprint density at radius 2 is 1.92 bits per heavy atom. The standard InChI is InChI=1S/C20H32N4O/c1-15(2)24-11-5-4-6-18(24)20(25)22-17-9-12-23(13-10-17)19-8-7-16(3)14-21-19/h7-8,14-15,17-18H,4-6,9-13H2,1-3H3,(H,22,25). The summed E-state index contributed by atoms with van der Waals surface area (Å²) in [6.07, 6.45) is 7.29. The summed E-state index contributed by atoms with van der Waals surface area (Å²) in [5.41, 5.74) is 1.19. The Morgan fingerprint density at radius 3 is 2.56 bits per heavy atom. The molecule has 3 heterocycles. The molecule has 3 rings (SSSR count). The van der Waals surface area contributed by atoms with Gasteiger partial charge in [-0.2, -0.15) is 0 Å². The van der Waals surface area contributed by atoms with E-state index in [1.165, 1.54) is 18.4 Å². The second-order valence-electron chi connectivity index (χ2n) is 7.81. The van der Waals surface area contributed by atoms with Crippen LogP contribution in [0.1, 0.15) is 51.5 Å². The SMILES string of the molecule is Cc1ccc(N2CCC(NC(=O)C3CCCCN3C(C)C)CC2)nc1. The first-order valence-electron chi connectivity index (χ1n) is 9.78. The van der Waals surface area contributed by atoms with Crippen LogP contribution in [0.25, 0.3) is 0 Å². The predicted molar refractivity (Wildman–Crippen MR) is 102 cm³/mol. The summed E-state index contributed by atoms with van der Waals surface area (Å²) in [4.78, 5) is 22.0.